The number of aliphatic hydroxyl groups is 1. The summed E-state index contributed by atoms with van der Waals surface area (Å²) in [6.07, 6.45) is 1.76. The molecule has 1 unspecified atom stereocenters. The van der Waals surface area contributed by atoms with Gasteiger partial charge in [0.2, 0.25) is 6.79 Å². The maximum absolute atomic E-state index is 13.5. The van der Waals surface area contributed by atoms with Crippen LogP contribution in [0.25, 0.3) is 16.7 Å². The van der Waals surface area contributed by atoms with Crippen molar-refractivity contribution < 1.29 is 28.9 Å². The molecular weight excluding hydrogens is 528 g/mol. The third-order valence-electron chi connectivity index (χ3n) is 6.42. The van der Waals surface area contributed by atoms with E-state index in [1.807, 2.05) is 24.3 Å². The molecule has 1 atom stereocenters. The second kappa shape index (κ2) is 8.46. The molecule has 1 saturated heterocycles. The predicted molar refractivity (Wildman–Crippen MR) is 136 cm³/mol. The van der Waals surface area contributed by atoms with E-state index >= 15 is 0 Å². The van der Waals surface area contributed by atoms with Gasteiger partial charge in [-0.25, -0.2) is 0 Å². The number of carbonyl (C=O) groups excluding carboxylic acids is 2. The minimum atomic E-state index is -0.887. The van der Waals surface area contributed by atoms with Gasteiger partial charge in [-0.05, 0) is 52.3 Å². The Kier molecular flexibility index (Phi) is 5.22. The number of H-pyrrole nitrogens is 1. The van der Waals surface area contributed by atoms with E-state index in [0.29, 0.717) is 38.5 Å². The lowest BCUT2D eigenvalue weighted by Crippen LogP contribution is -2.29. The minimum absolute atomic E-state index is 0.0144. The highest BCUT2D eigenvalue weighted by Gasteiger charge is 2.48. The van der Waals surface area contributed by atoms with E-state index < -0.39 is 17.7 Å². The van der Waals surface area contributed by atoms with Crippen LogP contribution in [0.1, 0.15) is 17.2 Å². The van der Waals surface area contributed by atoms with Crippen LogP contribution in [0.5, 0.6) is 17.2 Å². The molecule has 9 heteroatoms. The van der Waals surface area contributed by atoms with Gasteiger partial charge in [-0.1, -0.05) is 18.2 Å². The molecule has 3 aromatic carbocycles. The number of aromatic amines is 1. The highest BCUT2D eigenvalue weighted by molar-refractivity contribution is 9.10. The average Bonchev–Trinajstić information content (AvgIpc) is 3.59. The minimum Gasteiger partial charge on any atom is -0.507 e. The summed E-state index contributed by atoms with van der Waals surface area (Å²) in [4.78, 5) is 31.6. The van der Waals surface area contributed by atoms with Crippen LogP contribution in [-0.4, -0.2) is 35.7 Å². The summed E-state index contributed by atoms with van der Waals surface area (Å²) < 4.78 is 16.8. The van der Waals surface area contributed by atoms with Crippen molar-refractivity contribution in [2.75, 3.05) is 18.8 Å². The normalized spacial score (nSPS) is 18.3. The summed E-state index contributed by atoms with van der Waals surface area (Å²) in [5.74, 6) is -0.213. The monoisotopic (exact) mass is 546 g/mol. The summed E-state index contributed by atoms with van der Waals surface area (Å²) in [6, 6.07) is 16.7. The standard InChI is InChI=1S/C27H19BrN2O6/c1-34-20-8-6-14(10-18(20)28)25(31)23-24(17-12-29-19-5-3-2-4-16(17)19)30(27(33)26(23)32)15-7-9-21-22(11-15)36-13-35-21/h2-12,24,29,31H,13H2,1H3/b25-23+. The first-order valence-corrected chi connectivity index (χ1v) is 11.9. The van der Waals surface area contributed by atoms with Crippen LogP contribution in [0.3, 0.4) is 0 Å². The summed E-state index contributed by atoms with van der Waals surface area (Å²) in [6.45, 7) is 0.0792. The molecule has 1 fully saturated rings. The molecule has 180 valence electrons. The number of halogens is 1. The maximum atomic E-state index is 13.5. The SMILES string of the molecule is COc1ccc(/C(O)=C2\C(=O)C(=O)N(c3ccc4c(c3)OCO4)C2c2c[nH]c3ccccc23)cc1Br. The first-order chi connectivity index (χ1) is 17.5. The van der Waals surface area contributed by atoms with Crippen molar-refractivity contribution in [2.45, 2.75) is 6.04 Å². The van der Waals surface area contributed by atoms with Gasteiger partial charge in [-0.3, -0.25) is 14.5 Å². The number of nitrogens with zero attached hydrogens (tertiary/aromatic N) is 1. The number of ketones is 1. The molecule has 0 aliphatic carbocycles. The zero-order valence-electron chi connectivity index (χ0n) is 18.9. The number of fused-ring (bicyclic) bond motifs is 2. The molecule has 0 spiro atoms. The predicted octanol–water partition coefficient (Wildman–Crippen LogP) is 5.29. The van der Waals surface area contributed by atoms with Crippen LogP contribution in [0.15, 0.2) is 76.9 Å². The second-order valence-corrected chi connectivity index (χ2v) is 9.20. The molecule has 36 heavy (non-hydrogen) atoms. The average molecular weight is 547 g/mol. The summed E-state index contributed by atoms with van der Waals surface area (Å²) in [5, 5.41) is 12.3. The Bertz CT molecular complexity index is 1590. The van der Waals surface area contributed by atoms with Crippen LogP contribution in [-0.2, 0) is 9.59 Å². The number of rotatable bonds is 4. The highest BCUT2D eigenvalue weighted by Crippen LogP contribution is 2.46. The fourth-order valence-corrected chi connectivity index (χ4v) is 5.26. The van der Waals surface area contributed by atoms with Gasteiger partial charge in [0.25, 0.3) is 11.7 Å². The van der Waals surface area contributed by atoms with E-state index in [4.69, 9.17) is 14.2 Å². The van der Waals surface area contributed by atoms with Gasteiger partial charge in [0, 0.05) is 40.0 Å². The molecule has 4 aromatic rings. The van der Waals surface area contributed by atoms with Gasteiger partial charge < -0.3 is 24.3 Å². The van der Waals surface area contributed by atoms with Gasteiger partial charge in [-0.15, -0.1) is 0 Å². The number of nitrogens with one attached hydrogen (secondary N) is 1. The molecule has 1 amide bonds. The van der Waals surface area contributed by atoms with Gasteiger partial charge in [0.1, 0.15) is 11.5 Å². The van der Waals surface area contributed by atoms with E-state index in [9.17, 15) is 14.7 Å². The first-order valence-electron chi connectivity index (χ1n) is 11.1. The van der Waals surface area contributed by atoms with Crippen LogP contribution in [0.4, 0.5) is 5.69 Å². The molecule has 2 aliphatic rings. The molecular formula is C27H19BrN2O6. The highest BCUT2D eigenvalue weighted by atomic mass is 79.9. The molecule has 2 N–H and O–H groups in total. The lowest BCUT2D eigenvalue weighted by molar-refractivity contribution is -0.132. The molecule has 2 aliphatic heterocycles. The molecule has 1 aromatic heterocycles. The van der Waals surface area contributed by atoms with E-state index in [1.54, 1.807) is 42.6 Å². The fourth-order valence-electron chi connectivity index (χ4n) is 4.72. The van der Waals surface area contributed by atoms with E-state index in [2.05, 4.69) is 20.9 Å². The second-order valence-electron chi connectivity index (χ2n) is 8.35. The number of methoxy groups -OCH3 is 1. The molecule has 3 heterocycles. The van der Waals surface area contributed by atoms with Crippen molar-refractivity contribution in [1.29, 1.82) is 0 Å². The molecule has 0 bridgehead atoms. The van der Waals surface area contributed by atoms with Crippen molar-refractivity contribution in [3.63, 3.8) is 0 Å². The zero-order valence-corrected chi connectivity index (χ0v) is 20.5. The number of carbonyl (C=O) groups is 2. The topological polar surface area (TPSA) is 101 Å². The van der Waals surface area contributed by atoms with Gasteiger partial charge in [0.15, 0.2) is 11.5 Å². The number of hydrogen-bond acceptors (Lipinski definition) is 6. The third kappa shape index (κ3) is 3.35. The number of anilines is 1. The van der Waals surface area contributed by atoms with Gasteiger partial charge in [-0.2, -0.15) is 0 Å². The fraction of sp³-hybridized carbons (Fsp3) is 0.111. The van der Waals surface area contributed by atoms with E-state index in [0.717, 1.165) is 10.9 Å². The Morgan fingerprint density at radius 1 is 1.08 bits per heavy atom. The van der Waals surface area contributed by atoms with Crippen molar-refractivity contribution >= 4 is 50.0 Å². The van der Waals surface area contributed by atoms with Crippen LogP contribution >= 0.6 is 15.9 Å². The Hall–Kier alpha value is -4.24. The largest absolute Gasteiger partial charge is 0.507 e. The number of Topliss-reactive ketones (excluding diaryl/α,β-unsaturated/α-hetero) is 1. The first kappa shape index (κ1) is 22.2. The number of hydrogen-bond donors (Lipinski definition) is 2. The molecule has 0 radical (unpaired) electrons. The summed E-state index contributed by atoms with van der Waals surface area (Å²) >= 11 is 3.42. The van der Waals surface area contributed by atoms with Gasteiger partial charge in [0.05, 0.1) is 23.2 Å². The maximum Gasteiger partial charge on any atom is 0.300 e. The molecule has 6 rings (SSSR count). The summed E-state index contributed by atoms with van der Waals surface area (Å²) in [5.41, 5.74) is 2.33. The van der Waals surface area contributed by atoms with E-state index in [-0.39, 0.29) is 18.1 Å². The van der Waals surface area contributed by atoms with Crippen LogP contribution in [0.2, 0.25) is 0 Å². The van der Waals surface area contributed by atoms with Crippen molar-refractivity contribution in [2.24, 2.45) is 0 Å². The van der Waals surface area contributed by atoms with Gasteiger partial charge >= 0.3 is 0 Å². The summed E-state index contributed by atoms with van der Waals surface area (Å²) in [7, 11) is 1.54. The number of benzene rings is 3. The number of amides is 1. The third-order valence-corrected chi connectivity index (χ3v) is 7.04. The quantitative estimate of drug-likeness (QED) is 0.205. The molecule has 0 saturated carbocycles. The van der Waals surface area contributed by atoms with Crippen LogP contribution in [0, 0.1) is 0 Å². The number of ether oxygens (including phenoxy) is 3. The number of para-hydroxylation sites is 1. The van der Waals surface area contributed by atoms with Crippen molar-refractivity contribution in [3.05, 3.63) is 88.0 Å². The Balaban J connectivity index is 1.58. The number of aliphatic hydroxyl groups excluding tert-OH is 1. The lowest BCUT2D eigenvalue weighted by atomic mass is 9.94. The zero-order chi connectivity index (χ0) is 25.0. The Labute approximate surface area is 213 Å². The Morgan fingerprint density at radius 3 is 2.69 bits per heavy atom. The smallest absolute Gasteiger partial charge is 0.300 e. The number of aromatic nitrogens is 1. The van der Waals surface area contributed by atoms with Crippen LogP contribution < -0.4 is 19.1 Å². The Morgan fingerprint density at radius 2 is 1.89 bits per heavy atom. The van der Waals surface area contributed by atoms with E-state index in [1.165, 1.54) is 12.0 Å². The lowest BCUT2D eigenvalue weighted by Gasteiger charge is -2.25. The van der Waals surface area contributed by atoms with Crippen molar-refractivity contribution in [3.8, 4) is 17.2 Å². The molecule has 8 nitrogen and oxygen atoms in total. The van der Waals surface area contributed by atoms with Crippen molar-refractivity contribution in [1.82, 2.24) is 4.98 Å².